The summed E-state index contributed by atoms with van der Waals surface area (Å²) < 4.78 is 7.83. The van der Waals surface area contributed by atoms with E-state index in [1.165, 1.54) is 10.9 Å². The molecule has 3 heteroatoms. The van der Waals surface area contributed by atoms with Gasteiger partial charge < -0.3 is 15.0 Å². The van der Waals surface area contributed by atoms with E-state index in [1.54, 1.807) is 0 Å². The summed E-state index contributed by atoms with van der Waals surface area (Å²) in [4.78, 5) is 0. The van der Waals surface area contributed by atoms with Gasteiger partial charge in [0.15, 0.2) is 0 Å². The van der Waals surface area contributed by atoms with Crippen LogP contribution in [-0.4, -0.2) is 17.7 Å². The van der Waals surface area contributed by atoms with Gasteiger partial charge in [-0.2, -0.15) is 0 Å². The van der Waals surface area contributed by atoms with Gasteiger partial charge in [0.1, 0.15) is 5.75 Å². The standard InChI is InChI=1S/C13H18N2O/c1-2-16-13-6-3-5-12-11(13)7-10-15(12)9-4-8-14/h3,5-7,10H,2,4,8-9,14H2,1H3. The lowest BCUT2D eigenvalue weighted by molar-refractivity contribution is 0.344. The smallest absolute Gasteiger partial charge is 0.128 e. The molecule has 0 amide bonds. The molecule has 0 spiro atoms. The topological polar surface area (TPSA) is 40.2 Å². The van der Waals surface area contributed by atoms with Crippen LogP contribution < -0.4 is 10.5 Å². The SMILES string of the molecule is CCOc1cccc2c1ccn2CCCN. The average Bonchev–Trinajstić information content (AvgIpc) is 2.71. The molecule has 0 aliphatic rings. The van der Waals surface area contributed by atoms with E-state index in [-0.39, 0.29) is 0 Å². The Bertz CT molecular complexity index is 462. The van der Waals surface area contributed by atoms with Gasteiger partial charge in [-0.3, -0.25) is 0 Å². The molecule has 86 valence electrons. The summed E-state index contributed by atoms with van der Waals surface area (Å²) >= 11 is 0. The Balaban J connectivity index is 2.36. The zero-order valence-electron chi connectivity index (χ0n) is 9.65. The van der Waals surface area contributed by atoms with Crippen LogP contribution in [0.2, 0.25) is 0 Å². The highest BCUT2D eigenvalue weighted by atomic mass is 16.5. The summed E-state index contributed by atoms with van der Waals surface area (Å²) in [6, 6.07) is 8.27. The molecule has 0 saturated heterocycles. The van der Waals surface area contributed by atoms with Crippen LogP contribution in [0, 0.1) is 0 Å². The Morgan fingerprint density at radius 3 is 2.94 bits per heavy atom. The largest absolute Gasteiger partial charge is 0.493 e. The molecular weight excluding hydrogens is 200 g/mol. The van der Waals surface area contributed by atoms with Gasteiger partial charge in [0.25, 0.3) is 0 Å². The molecule has 16 heavy (non-hydrogen) atoms. The molecule has 2 aromatic rings. The number of nitrogens with two attached hydrogens (primary N) is 1. The summed E-state index contributed by atoms with van der Waals surface area (Å²) in [7, 11) is 0. The third-order valence-electron chi connectivity index (χ3n) is 2.68. The third kappa shape index (κ3) is 2.04. The minimum Gasteiger partial charge on any atom is -0.493 e. The van der Waals surface area contributed by atoms with Crippen molar-refractivity contribution >= 4 is 10.9 Å². The average molecular weight is 218 g/mol. The number of hydrogen-bond donors (Lipinski definition) is 1. The molecule has 0 aliphatic carbocycles. The highest BCUT2D eigenvalue weighted by Gasteiger charge is 2.05. The van der Waals surface area contributed by atoms with Gasteiger partial charge in [0.05, 0.1) is 12.1 Å². The van der Waals surface area contributed by atoms with E-state index >= 15 is 0 Å². The summed E-state index contributed by atoms with van der Waals surface area (Å²) in [6.45, 7) is 4.40. The monoisotopic (exact) mass is 218 g/mol. The van der Waals surface area contributed by atoms with Gasteiger partial charge in [-0.15, -0.1) is 0 Å². The molecule has 0 bridgehead atoms. The van der Waals surface area contributed by atoms with Crippen LogP contribution in [0.3, 0.4) is 0 Å². The number of benzene rings is 1. The molecule has 3 nitrogen and oxygen atoms in total. The van der Waals surface area contributed by atoms with Crippen molar-refractivity contribution in [1.29, 1.82) is 0 Å². The highest BCUT2D eigenvalue weighted by Crippen LogP contribution is 2.26. The van der Waals surface area contributed by atoms with E-state index < -0.39 is 0 Å². The van der Waals surface area contributed by atoms with Gasteiger partial charge in [-0.1, -0.05) is 6.07 Å². The summed E-state index contributed by atoms with van der Waals surface area (Å²) in [5, 5.41) is 1.18. The second-order valence-corrected chi connectivity index (χ2v) is 3.77. The van der Waals surface area contributed by atoms with Crippen LogP contribution in [0.15, 0.2) is 30.5 Å². The molecule has 0 radical (unpaired) electrons. The number of ether oxygens (including phenoxy) is 1. The molecule has 2 N–H and O–H groups in total. The van der Waals surface area contributed by atoms with E-state index in [9.17, 15) is 0 Å². The fraction of sp³-hybridized carbons (Fsp3) is 0.385. The Morgan fingerprint density at radius 1 is 1.31 bits per heavy atom. The van der Waals surface area contributed by atoms with Gasteiger partial charge in [0.2, 0.25) is 0 Å². The van der Waals surface area contributed by atoms with Crippen molar-refractivity contribution in [3.05, 3.63) is 30.5 Å². The van der Waals surface area contributed by atoms with Gasteiger partial charge in [-0.05, 0) is 38.1 Å². The number of aromatic nitrogens is 1. The van der Waals surface area contributed by atoms with E-state index in [0.29, 0.717) is 6.61 Å². The predicted octanol–water partition coefficient (Wildman–Crippen LogP) is 2.39. The first-order valence-electron chi connectivity index (χ1n) is 5.77. The molecule has 0 aliphatic heterocycles. The van der Waals surface area contributed by atoms with E-state index in [4.69, 9.17) is 10.5 Å². The summed E-state index contributed by atoms with van der Waals surface area (Å²) in [5.74, 6) is 0.964. The van der Waals surface area contributed by atoms with Gasteiger partial charge >= 0.3 is 0 Å². The quantitative estimate of drug-likeness (QED) is 0.837. The van der Waals surface area contributed by atoms with Crippen molar-refractivity contribution in [3.63, 3.8) is 0 Å². The number of rotatable bonds is 5. The van der Waals surface area contributed by atoms with Crippen molar-refractivity contribution in [2.45, 2.75) is 19.9 Å². The molecule has 1 aromatic carbocycles. The molecular formula is C13H18N2O. The molecule has 0 saturated carbocycles. The summed E-state index contributed by atoms with van der Waals surface area (Å²) in [5.41, 5.74) is 6.75. The minimum absolute atomic E-state index is 0.701. The Hall–Kier alpha value is -1.48. The number of aryl methyl sites for hydroxylation is 1. The first kappa shape index (κ1) is 11.0. The molecule has 1 heterocycles. The summed E-state index contributed by atoms with van der Waals surface area (Å²) in [6.07, 6.45) is 3.10. The van der Waals surface area contributed by atoms with Crippen LogP contribution in [0.4, 0.5) is 0 Å². The first-order valence-corrected chi connectivity index (χ1v) is 5.77. The maximum Gasteiger partial charge on any atom is 0.128 e. The molecule has 0 fully saturated rings. The lowest BCUT2D eigenvalue weighted by Gasteiger charge is -2.07. The lowest BCUT2D eigenvalue weighted by atomic mass is 10.2. The zero-order chi connectivity index (χ0) is 11.4. The normalized spacial score (nSPS) is 10.9. The van der Waals surface area contributed by atoms with Crippen molar-refractivity contribution < 1.29 is 4.74 Å². The minimum atomic E-state index is 0.701. The maximum absolute atomic E-state index is 5.60. The third-order valence-corrected chi connectivity index (χ3v) is 2.68. The van der Waals surface area contributed by atoms with Crippen molar-refractivity contribution in [2.24, 2.45) is 5.73 Å². The number of fused-ring (bicyclic) bond motifs is 1. The molecule has 0 unspecified atom stereocenters. The second-order valence-electron chi connectivity index (χ2n) is 3.77. The van der Waals surface area contributed by atoms with Gasteiger partial charge in [-0.25, -0.2) is 0 Å². The lowest BCUT2D eigenvalue weighted by Crippen LogP contribution is -2.04. The van der Waals surface area contributed by atoms with Crippen LogP contribution in [0.5, 0.6) is 5.75 Å². The maximum atomic E-state index is 5.60. The fourth-order valence-corrected chi connectivity index (χ4v) is 1.93. The van der Waals surface area contributed by atoms with Crippen LogP contribution in [0.1, 0.15) is 13.3 Å². The Morgan fingerprint density at radius 2 is 2.19 bits per heavy atom. The van der Waals surface area contributed by atoms with E-state index in [2.05, 4.69) is 22.9 Å². The molecule has 0 atom stereocenters. The number of nitrogens with zero attached hydrogens (tertiary/aromatic N) is 1. The van der Waals surface area contributed by atoms with Crippen LogP contribution in [-0.2, 0) is 6.54 Å². The molecule has 2 rings (SSSR count). The van der Waals surface area contributed by atoms with Crippen molar-refractivity contribution in [2.75, 3.05) is 13.2 Å². The predicted molar refractivity (Wildman–Crippen MR) is 66.8 cm³/mol. The second kappa shape index (κ2) is 5.03. The first-order chi connectivity index (χ1) is 7.86. The van der Waals surface area contributed by atoms with E-state index in [0.717, 1.165) is 25.3 Å². The van der Waals surface area contributed by atoms with Crippen LogP contribution in [0.25, 0.3) is 10.9 Å². The highest BCUT2D eigenvalue weighted by molar-refractivity contribution is 5.86. The van der Waals surface area contributed by atoms with E-state index in [1.807, 2.05) is 19.1 Å². The van der Waals surface area contributed by atoms with Crippen molar-refractivity contribution in [3.8, 4) is 5.75 Å². The number of hydrogen-bond acceptors (Lipinski definition) is 2. The fourth-order valence-electron chi connectivity index (χ4n) is 1.93. The Labute approximate surface area is 95.8 Å². The van der Waals surface area contributed by atoms with Crippen molar-refractivity contribution in [1.82, 2.24) is 4.57 Å². The van der Waals surface area contributed by atoms with Crippen LogP contribution >= 0.6 is 0 Å². The zero-order valence-corrected chi connectivity index (χ0v) is 9.65. The Kier molecular flexibility index (Phi) is 3.47. The molecule has 1 aromatic heterocycles. The van der Waals surface area contributed by atoms with Gasteiger partial charge in [0, 0.05) is 18.1 Å².